The molecule has 2 heterocycles. The highest BCUT2D eigenvalue weighted by Gasteiger charge is 2.47. The Morgan fingerprint density at radius 3 is 1.96 bits per heavy atom. The Balaban J connectivity index is 1.77. The zero-order valence-electron chi connectivity index (χ0n) is 15.3. The van der Waals surface area contributed by atoms with E-state index in [-0.39, 0.29) is 0 Å². The van der Waals surface area contributed by atoms with Crippen molar-refractivity contribution in [1.29, 1.82) is 0 Å². The molecule has 0 spiro atoms. The van der Waals surface area contributed by atoms with Gasteiger partial charge in [0.15, 0.2) is 0 Å². The number of hydrogen-bond donors (Lipinski definition) is 0. The SMILES string of the molecule is CCC1c2ccccc2N2c3ccccc3N(c3ccccc3)C2C1C. The van der Waals surface area contributed by atoms with Crippen molar-refractivity contribution in [2.24, 2.45) is 5.92 Å². The van der Waals surface area contributed by atoms with E-state index in [4.69, 9.17) is 0 Å². The molecule has 26 heavy (non-hydrogen) atoms. The summed E-state index contributed by atoms with van der Waals surface area (Å²) in [6.45, 7) is 4.74. The van der Waals surface area contributed by atoms with Gasteiger partial charge >= 0.3 is 0 Å². The van der Waals surface area contributed by atoms with Crippen LogP contribution >= 0.6 is 0 Å². The van der Waals surface area contributed by atoms with Crippen molar-refractivity contribution in [2.75, 3.05) is 9.80 Å². The van der Waals surface area contributed by atoms with Crippen LogP contribution in [0.25, 0.3) is 0 Å². The molecule has 130 valence electrons. The van der Waals surface area contributed by atoms with Gasteiger partial charge in [-0.25, -0.2) is 0 Å². The van der Waals surface area contributed by atoms with Crippen molar-refractivity contribution in [2.45, 2.75) is 32.4 Å². The Kier molecular flexibility index (Phi) is 3.53. The van der Waals surface area contributed by atoms with E-state index in [1.807, 2.05) is 0 Å². The van der Waals surface area contributed by atoms with Crippen LogP contribution in [0.1, 0.15) is 31.7 Å². The molecule has 2 aliphatic rings. The van der Waals surface area contributed by atoms with Gasteiger partial charge in [0.2, 0.25) is 0 Å². The fourth-order valence-electron chi connectivity index (χ4n) is 5.00. The first kappa shape index (κ1) is 15.5. The molecule has 0 aliphatic carbocycles. The minimum Gasteiger partial charge on any atom is -0.318 e. The predicted molar refractivity (Wildman–Crippen MR) is 110 cm³/mol. The maximum atomic E-state index is 2.56. The van der Waals surface area contributed by atoms with Crippen molar-refractivity contribution in [3.63, 3.8) is 0 Å². The lowest BCUT2D eigenvalue weighted by atomic mass is 9.78. The second-order valence-corrected chi connectivity index (χ2v) is 7.41. The summed E-state index contributed by atoms with van der Waals surface area (Å²) in [5.74, 6) is 1.11. The number of hydrogen-bond acceptors (Lipinski definition) is 2. The molecule has 3 aromatic rings. The molecule has 5 rings (SSSR count). The van der Waals surface area contributed by atoms with E-state index in [2.05, 4.69) is 103 Å². The van der Waals surface area contributed by atoms with Gasteiger partial charge in [0.25, 0.3) is 0 Å². The lowest BCUT2D eigenvalue weighted by Gasteiger charge is -2.45. The highest BCUT2D eigenvalue weighted by atomic mass is 15.4. The summed E-state index contributed by atoms with van der Waals surface area (Å²) in [7, 11) is 0. The quantitative estimate of drug-likeness (QED) is 0.529. The third-order valence-electron chi connectivity index (χ3n) is 6.10. The Bertz CT molecular complexity index is 934. The number of nitrogens with zero attached hydrogens (tertiary/aromatic N) is 2. The van der Waals surface area contributed by atoms with Gasteiger partial charge in [-0.15, -0.1) is 0 Å². The first-order valence-corrected chi connectivity index (χ1v) is 9.62. The Morgan fingerprint density at radius 1 is 0.692 bits per heavy atom. The summed E-state index contributed by atoms with van der Waals surface area (Å²) in [5, 5.41) is 0. The maximum absolute atomic E-state index is 2.56. The molecule has 3 atom stereocenters. The molecule has 0 saturated carbocycles. The molecule has 2 aliphatic heterocycles. The minimum atomic E-state index is 0.314. The van der Waals surface area contributed by atoms with Crippen molar-refractivity contribution in [3.8, 4) is 0 Å². The van der Waals surface area contributed by atoms with Gasteiger partial charge in [0, 0.05) is 17.3 Å². The molecule has 0 saturated heterocycles. The average molecular weight is 340 g/mol. The van der Waals surface area contributed by atoms with Gasteiger partial charge in [0.05, 0.1) is 11.4 Å². The van der Waals surface area contributed by atoms with Crippen molar-refractivity contribution < 1.29 is 0 Å². The van der Waals surface area contributed by atoms with Gasteiger partial charge in [0.1, 0.15) is 6.17 Å². The van der Waals surface area contributed by atoms with Crippen LogP contribution in [0.4, 0.5) is 22.7 Å². The molecule has 3 unspecified atom stereocenters. The van der Waals surface area contributed by atoms with E-state index >= 15 is 0 Å². The number of benzene rings is 3. The smallest absolute Gasteiger partial charge is 0.114 e. The summed E-state index contributed by atoms with van der Waals surface area (Å²) < 4.78 is 0. The van der Waals surface area contributed by atoms with Crippen LogP contribution in [-0.4, -0.2) is 6.17 Å². The van der Waals surface area contributed by atoms with Crippen LogP contribution in [0.5, 0.6) is 0 Å². The van der Waals surface area contributed by atoms with Crippen LogP contribution < -0.4 is 9.80 Å². The zero-order valence-corrected chi connectivity index (χ0v) is 15.3. The number of fused-ring (bicyclic) bond motifs is 5. The van der Waals surface area contributed by atoms with E-state index in [1.165, 1.54) is 34.7 Å². The molecule has 2 nitrogen and oxygen atoms in total. The van der Waals surface area contributed by atoms with Gasteiger partial charge in [-0.3, -0.25) is 0 Å². The number of anilines is 4. The van der Waals surface area contributed by atoms with E-state index in [0.29, 0.717) is 18.0 Å². The Labute approximate surface area is 155 Å². The van der Waals surface area contributed by atoms with E-state index in [0.717, 1.165) is 0 Å². The van der Waals surface area contributed by atoms with E-state index < -0.39 is 0 Å². The summed E-state index contributed by atoms with van der Waals surface area (Å²) in [5.41, 5.74) is 6.75. The summed E-state index contributed by atoms with van der Waals surface area (Å²) in [4.78, 5) is 5.10. The fraction of sp³-hybridized carbons (Fsp3) is 0.250. The summed E-state index contributed by atoms with van der Waals surface area (Å²) in [6.07, 6.45) is 1.48. The molecular formula is C24H24N2. The van der Waals surface area contributed by atoms with Gasteiger partial charge < -0.3 is 9.80 Å². The van der Waals surface area contributed by atoms with E-state index in [9.17, 15) is 0 Å². The van der Waals surface area contributed by atoms with Crippen LogP contribution in [0.3, 0.4) is 0 Å². The average Bonchev–Trinajstić information content (AvgIpc) is 3.05. The molecule has 0 fully saturated rings. The standard InChI is InChI=1S/C24H24N2/c1-3-19-17(2)24-25(18-11-5-4-6-12-18)22-15-9-10-16-23(22)26(24)21-14-8-7-13-20(19)21/h4-17,19,24H,3H2,1-2H3. The molecule has 2 heteroatoms. The maximum Gasteiger partial charge on any atom is 0.114 e. The molecule has 0 N–H and O–H groups in total. The highest BCUT2D eigenvalue weighted by Crippen LogP contribution is 2.56. The Morgan fingerprint density at radius 2 is 1.27 bits per heavy atom. The largest absolute Gasteiger partial charge is 0.318 e. The first-order chi connectivity index (χ1) is 12.8. The topological polar surface area (TPSA) is 6.48 Å². The van der Waals surface area contributed by atoms with Crippen molar-refractivity contribution in [3.05, 3.63) is 84.4 Å². The van der Waals surface area contributed by atoms with Crippen LogP contribution in [0.15, 0.2) is 78.9 Å². The second-order valence-electron chi connectivity index (χ2n) is 7.41. The van der Waals surface area contributed by atoms with Crippen molar-refractivity contribution >= 4 is 22.7 Å². The summed E-state index contributed by atoms with van der Waals surface area (Å²) in [6, 6.07) is 28.6. The molecule has 0 amide bonds. The van der Waals surface area contributed by atoms with Crippen LogP contribution in [-0.2, 0) is 0 Å². The highest BCUT2D eigenvalue weighted by molar-refractivity contribution is 5.90. The normalized spacial score (nSPS) is 23.4. The van der Waals surface area contributed by atoms with Crippen LogP contribution in [0.2, 0.25) is 0 Å². The van der Waals surface area contributed by atoms with Crippen LogP contribution in [0, 0.1) is 5.92 Å². The Hall–Kier alpha value is -2.74. The monoisotopic (exact) mass is 340 g/mol. The molecular weight excluding hydrogens is 316 g/mol. The van der Waals surface area contributed by atoms with Gasteiger partial charge in [-0.1, -0.05) is 62.4 Å². The first-order valence-electron chi connectivity index (χ1n) is 9.62. The third-order valence-corrected chi connectivity index (χ3v) is 6.10. The molecule has 0 bridgehead atoms. The zero-order chi connectivity index (χ0) is 17.7. The second kappa shape index (κ2) is 5.91. The fourth-order valence-corrected chi connectivity index (χ4v) is 5.00. The lowest BCUT2D eigenvalue weighted by Crippen LogP contribution is -2.48. The minimum absolute atomic E-state index is 0.314. The molecule has 0 aromatic heterocycles. The molecule has 0 radical (unpaired) electrons. The van der Waals surface area contributed by atoms with Gasteiger partial charge in [-0.2, -0.15) is 0 Å². The van der Waals surface area contributed by atoms with E-state index in [1.54, 1.807) is 0 Å². The summed E-state index contributed by atoms with van der Waals surface area (Å²) >= 11 is 0. The lowest BCUT2D eigenvalue weighted by molar-refractivity contribution is 0.361. The number of rotatable bonds is 2. The van der Waals surface area contributed by atoms with Crippen molar-refractivity contribution in [1.82, 2.24) is 0 Å². The van der Waals surface area contributed by atoms with Gasteiger partial charge in [-0.05, 0) is 48.2 Å². The molecule has 3 aromatic carbocycles. The predicted octanol–water partition coefficient (Wildman–Crippen LogP) is 6.45. The third kappa shape index (κ3) is 2.05. The number of para-hydroxylation sites is 4.